The van der Waals surface area contributed by atoms with Crippen LogP contribution in [-0.4, -0.2) is 23.6 Å². The molecule has 0 radical (unpaired) electrons. The van der Waals surface area contributed by atoms with Crippen LogP contribution < -0.4 is 4.43 Å². The molecule has 112 valence electrons. The van der Waals surface area contributed by atoms with Crippen LogP contribution in [0.3, 0.4) is 0 Å². The maximum absolute atomic E-state index is 6.16. The van der Waals surface area contributed by atoms with Gasteiger partial charge in [0.1, 0.15) is 17.1 Å². The van der Waals surface area contributed by atoms with Crippen molar-refractivity contribution >= 4 is 19.7 Å². The fraction of sp³-hybridized carbons (Fsp3) is 0.375. The molecule has 0 fully saturated rings. The van der Waals surface area contributed by atoms with Gasteiger partial charge in [-0.2, -0.15) is 0 Å². The number of imidazole rings is 1. The summed E-state index contributed by atoms with van der Waals surface area (Å²) in [5.41, 5.74) is 3.80. The van der Waals surface area contributed by atoms with Gasteiger partial charge in [-0.15, -0.1) is 0 Å². The number of hydrogen-bond donors (Lipinski definition) is 0. The molecule has 21 heavy (non-hydrogen) atoms. The number of nitrogens with zero attached hydrogens (tertiary/aromatic N) is 3. The maximum atomic E-state index is 6.16. The minimum Gasteiger partial charge on any atom is -0.543 e. The van der Waals surface area contributed by atoms with Crippen molar-refractivity contribution in [1.82, 2.24) is 9.55 Å². The SMILES string of the molecule is CC(=Nc1c(C)cccc1O[Si](C)(C)C)c1cn(C)cn1. The molecular weight excluding hydrogens is 278 g/mol. The summed E-state index contributed by atoms with van der Waals surface area (Å²) in [4.78, 5) is 9.11. The third kappa shape index (κ3) is 4.04. The quantitative estimate of drug-likeness (QED) is 0.630. The molecule has 5 heteroatoms. The zero-order valence-corrected chi connectivity index (χ0v) is 14.6. The second kappa shape index (κ2) is 5.85. The van der Waals surface area contributed by atoms with Crippen molar-refractivity contribution in [2.75, 3.05) is 0 Å². The van der Waals surface area contributed by atoms with E-state index in [0.29, 0.717) is 0 Å². The average Bonchev–Trinajstić information content (AvgIpc) is 2.78. The molecule has 0 unspecified atom stereocenters. The zero-order chi connectivity index (χ0) is 15.6. The number of aromatic nitrogens is 2. The molecule has 0 N–H and O–H groups in total. The van der Waals surface area contributed by atoms with Crippen molar-refractivity contribution in [2.45, 2.75) is 33.5 Å². The Kier molecular flexibility index (Phi) is 4.32. The molecular formula is C16H23N3OSi. The van der Waals surface area contributed by atoms with E-state index in [1.165, 1.54) is 0 Å². The smallest absolute Gasteiger partial charge is 0.242 e. The highest BCUT2D eigenvalue weighted by Crippen LogP contribution is 2.33. The van der Waals surface area contributed by atoms with E-state index in [0.717, 1.165) is 28.4 Å². The van der Waals surface area contributed by atoms with Gasteiger partial charge >= 0.3 is 0 Å². The second-order valence-electron chi connectivity index (χ2n) is 6.26. The summed E-state index contributed by atoms with van der Waals surface area (Å²) >= 11 is 0. The largest absolute Gasteiger partial charge is 0.543 e. The molecule has 0 aliphatic carbocycles. The lowest BCUT2D eigenvalue weighted by molar-refractivity contribution is 0.558. The molecule has 2 aromatic rings. The Morgan fingerprint density at radius 1 is 1.29 bits per heavy atom. The van der Waals surface area contributed by atoms with Crippen LogP contribution >= 0.6 is 0 Å². The van der Waals surface area contributed by atoms with E-state index in [4.69, 9.17) is 9.42 Å². The van der Waals surface area contributed by atoms with Gasteiger partial charge in [0.15, 0.2) is 0 Å². The van der Waals surface area contributed by atoms with E-state index in [2.05, 4.69) is 37.6 Å². The highest BCUT2D eigenvalue weighted by Gasteiger charge is 2.19. The Morgan fingerprint density at radius 2 is 2.00 bits per heavy atom. The molecule has 0 saturated heterocycles. The van der Waals surface area contributed by atoms with E-state index >= 15 is 0 Å². The highest BCUT2D eigenvalue weighted by atomic mass is 28.4. The fourth-order valence-electron chi connectivity index (χ4n) is 2.01. The number of benzene rings is 1. The second-order valence-corrected chi connectivity index (χ2v) is 10.7. The minimum absolute atomic E-state index is 0.865. The summed E-state index contributed by atoms with van der Waals surface area (Å²) < 4.78 is 8.08. The van der Waals surface area contributed by atoms with Gasteiger partial charge in [-0.3, -0.25) is 0 Å². The van der Waals surface area contributed by atoms with Crippen molar-refractivity contribution in [1.29, 1.82) is 0 Å². The third-order valence-corrected chi connectivity index (χ3v) is 3.80. The topological polar surface area (TPSA) is 39.4 Å². The van der Waals surface area contributed by atoms with Crippen molar-refractivity contribution in [3.8, 4) is 5.75 Å². The van der Waals surface area contributed by atoms with Crippen molar-refractivity contribution in [3.63, 3.8) is 0 Å². The lowest BCUT2D eigenvalue weighted by atomic mass is 10.2. The van der Waals surface area contributed by atoms with Crippen LogP contribution in [0.2, 0.25) is 19.6 Å². The van der Waals surface area contributed by atoms with Crippen LogP contribution in [0.1, 0.15) is 18.2 Å². The molecule has 1 aromatic heterocycles. The minimum atomic E-state index is -1.67. The van der Waals surface area contributed by atoms with Crippen LogP contribution in [-0.2, 0) is 7.05 Å². The number of rotatable bonds is 4. The number of aryl methyl sites for hydroxylation is 2. The number of hydrogen-bond acceptors (Lipinski definition) is 3. The standard InChI is InChI=1S/C16H23N3OSi/c1-12-8-7-9-15(20-21(4,5)6)16(12)18-13(2)14-10-19(3)11-17-14/h7-11H,1-6H3. The van der Waals surface area contributed by atoms with Crippen LogP contribution in [0.15, 0.2) is 35.7 Å². The van der Waals surface area contributed by atoms with E-state index in [-0.39, 0.29) is 0 Å². The Balaban J connectivity index is 2.43. The van der Waals surface area contributed by atoms with Gasteiger partial charge in [0.05, 0.1) is 12.0 Å². The molecule has 0 aliphatic heterocycles. The fourth-order valence-corrected chi connectivity index (χ4v) is 2.84. The first-order valence-corrected chi connectivity index (χ1v) is 10.5. The molecule has 0 spiro atoms. The van der Waals surface area contributed by atoms with Gasteiger partial charge in [-0.1, -0.05) is 12.1 Å². The van der Waals surface area contributed by atoms with Gasteiger partial charge in [0.2, 0.25) is 8.32 Å². The highest BCUT2D eigenvalue weighted by molar-refractivity contribution is 6.70. The summed E-state index contributed by atoms with van der Waals surface area (Å²) in [6.45, 7) is 10.6. The Hall–Kier alpha value is -1.88. The first-order valence-electron chi connectivity index (χ1n) is 7.08. The first kappa shape index (κ1) is 15.5. The molecule has 1 aromatic carbocycles. The van der Waals surface area contributed by atoms with Gasteiger partial charge in [0.25, 0.3) is 0 Å². The molecule has 0 bridgehead atoms. The van der Waals surface area contributed by atoms with Gasteiger partial charge in [0, 0.05) is 13.2 Å². The van der Waals surface area contributed by atoms with Crippen molar-refractivity contribution in [3.05, 3.63) is 42.0 Å². The number of aliphatic imine (C=N–C) groups is 1. The summed E-state index contributed by atoms with van der Waals surface area (Å²) in [6, 6.07) is 6.07. The Morgan fingerprint density at radius 3 is 2.57 bits per heavy atom. The molecule has 0 aliphatic rings. The van der Waals surface area contributed by atoms with Gasteiger partial charge in [-0.25, -0.2) is 9.98 Å². The van der Waals surface area contributed by atoms with Crippen LogP contribution in [0, 0.1) is 6.92 Å². The molecule has 4 nitrogen and oxygen atoms in total. The van der Waals surface area contributed by atoms with Crippen LogP contribution in [0.4, 0.5) is 5.69 Å². The molecule has 0 saturated carbocycles. The maximum Gasteiger partial charge on any atom is 0.242 e. The van der Waals surface area contributed by atoms with Crippen molar-refractivity contribution in [2.24, 2.45) is 12.0 Å². The summed E-state index contributed by atoms with van der Waals surface area (Å²) in [7, 11) is 0.288. The molecule has 1 heterocycles. The average molecular weight is 301 g/mol. The molecule has 0 amide bonds. The third-order valence-electron chi connectivity index (χ3n) is 2.97. The van der Waals surface area contributed by atoms with E-state index in [1.54, 1.807) is 6.33 Å². The van der Waals surface area contributed by atoms with E-state index in [9.17, 15) is 0 Å². The Labute approximate surface area is 127 Å². The van der Waals surface area contributed by atoms with Crippen LogP contribution in [0.5, 0.6) is 5.75 Å². The summed E-state index contributed by atoms with van der Waals surface area (Å²) in [5.74, 6) is 0.865. The Bertz CT molecular complexity index is 668. The monoisotopic (exact) mass is 301 g/mol. The first-order chi connectivity index (χ1) is 9.76. The molecule has 0 atom stereocenters. The normalized spacial score (nSPS) is 12.6. The lowest BCUT2D eigenvalue weighted by Crippen LogP contribution is -2.29. The lowest BCUT2D eigenvalue weighted by Gasteiger charge is -2.21. The van der Waals surface area contributed by atoms with E-state index in [1.807, 2.05) is 36.9 Å². The predicted octanol–water partition coefficient (Wildman–Crippen LogP) is 4.08. The summed E-state index contributed by atoms with van der Waals surface area (Å²) in [6.07, 6.45) is 3.75. The van der Waals surface area contributed by atoms with Crippen molar-refractivity contribution < 1.29 is 4.43 Å². The molecule has 2 rings (SSSR count). The zero-order valence-electron chi connectivity index (χ0n) is 13.6. The van der Waals surface area contributed by atoms with E-state index < -0.39 is 8.32 Å². The van der Waals surface area contributed by atoms with Gasteiger partial charge < -0.3 is 8.99 Å². The predicted molar refractivity (Wildman–Crippen MR) is 90.2 cm³/mol. The summed E-state index contributed by atoms with van der Waals surface area (Å²) in [5, 5.41) is 0. The number of para-hydroxylation sites is 1. The van der Waals surface area contributed by atoms with Gasteiger partial charge in [-0.05, 0) is 45.1 Å². The van der Waals surface area contributed by atoms with Crippen LogP contribution in [0.25, 0.3) is 0 Å².